The zero-order valence-electron chi connectivity index (χ0n) is 19.4. The van der Waals surface area contributed by atoms with E-state index in [-0.39, 0.29) is 18.6 Å². The molecule has 1 saturated heterocycles. The smallest absolute Gasteiger partial charge is 0.251 e. The van der Waals surface area contributed by atoms with Gasteiger partial charge in [-0.2, -0.15) is 0 Å². The molecule has 2 fully saturated rings. The first-order chi connectivity index (χ1) is 16.1. The molecule has 2 aromatic carbocycles. The maximum atomic E-state index is 12.7. The molecule has 33 heavy (non-hydrogen) atoms. The van der Waals surface area contributed by atoms with E-state index in [0.29, 0.717) is 30.4 Å². The van der Waals surface area contributed by atoms with Crippen molar-refractivity contribution in [3.8, 4) is 5.75 Å². The molecule has 1 saturated carbocycles. The largest absolute Gasteiger partial charge is 0.496 e. The van der Waals surface area contributed by atoms with Crippen molar-refractivity contribution < 1.29 is 24.1 Å². The summed E-state index contributed by atoms with van der Waals surface area (Å²) in [6.07, 6.45) is 6.98. The Morgan fingerprint density at radius 1 is 1.09 bits per heavy atom. The first-order valence-corrected chi connectivity index (χ1v) is 12.1. The van der Waals surface area contributed by atoms with E-state index >= 15 is 0 Å². The van der Waals surface area contributed by atoms with Crippen LogP contribution in [0.5, 0.6) is 5.75 Å². The summed E-state index contributed by atoms with van der Waals surface area (Å²) in [4.78, 5) is 12.7. The lowest BCUT2D eigenvalue weighted by Gasteiger charge is -2.22. The maximum Gasteiger partial charge on any atom is 0.251 e. The van der Waals surface area contributed by atoms with Crippen LogP contribution in [-0.2, 0) is 22.6 Å². The molecule has 1 aliphatic heterocycles. The van der Waals surface area contributed by atoms with Gasteiger partial charge < -0.3 is 24.6 Å². The minimum atomic E-state index is -0.936. The number of aliphatic hydroxyl groups excluding tert-OH is 1. The second kappa shape index (κ2) is 11.6. The molecule has 6 nitrogen and oxygen atoms in total. The summed E-state index contributed by atoms with van der Waals surface area (Å²) in [6.45, 7) is 1.27. The van der Waals surface area contributed by atoms with Crippen LogP contribution in [0.3, 0.4) is 0 Å². The molecular formula is C27H35NO5. The van der Waals surface area contributed by atoms with Gasteiger partial charge in [0.25, 0.3) is 5.91 Å². The van der Waals surface area contributed by atoms with E-state index in [2.05, 4.69) is 17.4 Å². The highest BCUT2D eigenvalue weighted by molar-refractivity contribution is 5.94. The van der Waals surface area contributed by atoms with Crippen LogP contribution >= 0.6 is 0 Å². The normalized spacial score (nSPS) is 19.9. The molecule has 6 heteroatoms. The highest BCUT2D eigenvalue weighted by atomic mass is 16.6. The topological polar surface area (TPSA) is 77.0 Å². The number of amides is 1. The number of nitrogens with one attached hydrogen (secondary N) is 1. The van der Waals surface area contributed by atoms with Gasteiger partial charge in [0.05, 0.1) is 13.7 Å². The van der Waals surface area contributed by atoms with E-state index in [1.165, 1.54) is 37.7 Å². The minimum Gasteiger partial charge on any atom is -0.496 e. The predicted octanol–water partition coefficient (Wildman–Crippen LogP) is 4.69. The second-order valence-electron chi connectivity index (χ2n) is 9.04. The van der Waals surface area contributed by atoms with Crippen molar-refractivity contribution in [3.05, 3.63) is 64.7 Å². The van der Waals surface area contributed by atoms with Gasteiger partial charge in [0.2, 0.25) is 0 Å². The van der Waals surface area contributed by atoms with E-state index in [9.17, 15) is 9.90 Å². The highest BCUT2D eigenvalue weighted by Gasteiger charge is 2.24. The molecule has 2 N–H and O–H groups in total. The third-order valence-electron chi connectivity index (χ3n) is 6.74. The van der Waals surface area contributed by atoms with Crippen molar-refractivity contribution in [2.24, 2.45) is 0 Å². The Labute approximate surface area is 196 Å². The van der Waals surface area contributed by atoms with E-state index in [1.807, 2.05) is 30.3 Å². The molecule has 1 aliphatic carbocycles. The van der Waals surface area contributed by atoms with E-state index in [4.69, 9.17) is 14.2 Å². The number of rotatable bonds is 9. The van der Waals surface area contributed by atoms with Crippen molar-refractivity contribution in [1.29, 1.82) is 0 Å². The van der Waals surface area contributed by atoms with Gasteiger partial charge in [-0.25, -0.2) is 0 Å². The van der Waals surface area contributed by atoms with E-state index in [0.717, 1.165) is 24.0 Å². The summed E-state index contributed by atoms with van der Waals surface area (Å²) < 4.78 is 16.5. The van der Waals surface area contributed by atoms with E-state index < -0.39 is 6.29 Å². The zero-order chi connectivity index (χ0) is 23.0. The van der Waals surface area contributed by atoms with Gasteiger partial charge in [0.15, 0.2) is 6.29 Å². The van der Waals surface area contributed by atoms with E-state index in [1.54, 1.807) is 7.11 Å². The summed E-state index contributed by atoms with van der Waals surface area (Å²) in [5, 5.41) is 13.2. The third kappa shape index (κ3) is 6.34. The molecule has 2 aromatic rings. The Kier molecular flexibility index (Phi) is 8.37. The van der Waals surface area contributed by atoms with Gasteiger partial charge in [0.1, 0.15) is 11.9 Å². The first kappa shape index (κ1) is 23.7. The number of hydrogen-bond donors (Lipinski definition) is 2. The van der Waals surface area contributed by atoms with Crippen LogP contribution in [-0.4, -0.2) is 37.1 Å². The molecule has 178 valence electrons. The van der Waals surface area contributed by atoms with Gasteiger partial charge in [0, 0.05) is 24.3 Å². The fraction of sp³-hybridized carbons (Fsp3) is 0.519. The van der Waals surface area contributed by atoms with Crippen molar-refractivity contribution in [1.82, 2.24) is 5.32 Å². The quantitative estimate of drug-likeness (QED) is 0.539. The Morgan fingerprint density at radius 2 is 1.88 bits per heavy atom. The fourth-order valence-electron chi connectivity index (χ4n) is 4.80. The monoisotopic (exact) mass is 453 g/mol. The van der Waals surface area contributed by atoms with Gasteiger partial charge in [-0.15, -0.1) is 0 Å². The van der Waals surface area contributed by atoms with Crippen molar-refractivity contribution in [2.45, 2.75) is 76.4 Å². The fourth-order valence-corrected chi connectivity index (χ4v) is 4.80. The first-order valence-electron chi connectivity index (χ1n) is 12.1. The number of hydrogen-bond acceptors (Lipinski definition) is 5. The number of carbonyl (C=O) groups excluding carboxylic acids is 1. The van der Waals surface area contributed by atoms with Crippen LogP contribution in [0.2, 0.25) is 0 Å². The summed E-state index contributed by atoms with van der Waals surface area (Å²) >= 11 is 0. The Bertz CT molecular complexity index is 901. The molecule has 0 radical (unpaired) electrons. The molecule has 4 rings (SSSR count). The van der Waals surface area contributed by atoms with Crippen LogP contribution in [0, 0.1) is 0 Å². The minimum absolute atomic E-state index is 0.109. The molecule has 0 bridgehead atoms. The Balaban J connectivity index is 1.33. The van der Waals surface area contributed by atoms with Gasteiger partial charge in [-0.3, -0.25) is 4.79 Å². The van der Waals surface area contributed by atoms with Crippen LogP contribution in [0.15, 0.2) is 42.5 Å². The van der Waals surface area contributed by atoms with Gasteiger partial charge >= 0.3 is 0 Å². The molecule has 0 spiro atoms. The standard InChI is InChI=1S/C27H35NO5/c1-31-24-14-9-19(18-33-27(30)25-8-5-15-32-25)16-23(24)17-28-26(29)22-12-10-21(11-13-22)20-6-3-2-4-7-20/h9-14,16,20,25,27,30H,2-8,15,17-18H2,1H3,(H,28,29). The molecule has 1 heterocycles. The zero-order valence-corrected chi connectivity index (χ0v) is 19.4. The average Bonchev–Trinajstić information content (AvgIpc) is 3.42. The summed E-state index contributed by atoms with van der Waals surface area (Å²) in [6, 6.07) is 13.7. The Hall–Kier alpha value is -2.41. The number of aliphatic hydroxyl groups is 1. The molecule has 2 aliphatic rings. The SMILES string of the molecule is COc1ccc(COC(O)C2CCCO2)cc1CNC(=O)c1ccc(C2CCCCC2)cc1. The lowest BCUT2D eigenvalue weighted by atomic mass is 9.84. The van der Waals surface area contributed by atoms with Crippen LogP contribution < -0.4 is 10.1 Å². The Morgan fingerprint density at radius 3 is 2.58 bits per heavy atom. The van der Waals surface area contributed by atoms with Crippen molar-refractivity contribution >= 4 is 5.91 Å². The average molecular weight is 454 g/mol. The van der Waals surface area contributed by atoms with Crippen LogP contribution in [0.4, 0.5) is 0 Å². The molecule has 0 aromatic heterocycles. The van der Waals surface area contributed by atoms with Gasteiger partial charge in [-0.05, 0) is 67.0 Å². The molecular weight excluding hydrogens is 418 g/mol. The molecule has 2 unspecified atom stereocenters. The number of methoxy groups -OCH3 is 1. The van der Waals surface area contributed by atoms with Crippen LogP contribution in [0.25, 0.3) is 0 Å². The van der Waals surface area contributed by atoms with Crippen molar-refractivity contribution in [2.75, 3.05) is 13.7 Å². The van der Waals surface area contributed by atoms with Gasteiger partial charge in [-0.1, -0.05) is 37.5 Å². The number of carbonyl (C=O) groups is 1. The third-order valence-corrected chi connectivity index (χ3v) is 6.74. The second-order valence-corrected chi connectivity index (χ2v) is 9.04. The lowest BCUT2D eigenvalue weighted by molar-refractivity contribution is -0.171. The summed E-state index contributed by atoms with van der Waals surface area (Å²) in [5.41, 5.74) is 3.75. The number of ether oxygens (including phenoxy) is 3. The molecule has 2 atom stereocenters. The molecule has 1 amide bonds. The van der Waals surface area contributed by atoms with Crippen molar-refractivity contribution in [3.63, 3.8) is 0 Å². The van der Waals surface area contributed by atoms with Crippen LogP contribution in [0.1, 0.15) is 77.9 Å². The highest BCUT2D eigenvalue weighted by Crippen LogP contribution is 2.32. The summed E-state index contributed by atoms with van der Waals surface area (Å²) in [7, 11) is 1.61. The predicted molar refractivity (Wildman–Crippen MR) is 126 cm³/mol. The number of benzene rings is 2. The summed E-state index contributed by atoms with van der Waals surface area (Å²) in [5.74, 6) is 1.22. The maximum absolute atomic E-state index is 12.7. The lowest BCUT2D eigenvalue weighted by Crippen LogP contribution is -2.27.